The largest absolute Gasteiger partial charge is 0.494 e. The molecule has 0 saturated heterocycles. The van der Waals surface area contributed by atoms with Crippen molar-refractivity contribution in [2.45, 2.75) is 25.3 Å². The first-order chi connectivity index (χ1) is 10.2. The summed E-state index contributed by atoms with van der Waals surface area (Å²) in [6.07, 6.45) is 2.02. The van der Waals surface area contributed by atoms with Crippen molar-refractivity contribution in [1.29, 1.82) is 0 Å². The molecule has 1 aromatic carbocycles. The first-order valence-electron chi connectivity index (χ1n) is 7.29. The van der Waals surface area contributed by atoms with Gasteiger partial charge in [-0.25, -0.2) is 4.79 Å². The molecule has 21 heavy (non-hydrogen) atoms. The van der Waals surface area contributed by atoms with Crippen LogP contribution in [0.4, 0.5) is 0 Å². The van der Waals surface area contributed by atoms with Gasteiger partial charge in [0, 0.05) is 6.07 Å². The van der Waals surface area contributed by atoms with Gasteiger partial charge in [0.15, 0.2) is 5.54 Å². The topological polar surface area (TPSA) is 56.8 Å². The van der Waals surface area contributed by atoms with Crippen molar-refractivity contribution in [3.05, 3.63) is 24.3 Å². The molecule has 1 unspecified atom stereocenters. The molecule has 1 N–H and O–H groups in total. The molecule has 5 heteroatoms. The van der Waals surface area contributed by atoms with Crippen molar-refractivity contribution >= 4 is 5.97 Å². The van der Waals surface area contributed by atoms with Crippen LogP contribution in [-0.2, 0) is 9.53 Å². The quantitative estimate of drug-likeness (QED) is 0.743. The number of carbonyl (C=O) groups excluding carboxylic acids is 1. The first kappa shape index (κ1) is 15.6. The van der Waals surface area contributed by atoms with E-state index in [1.807, 2.05) is 31.2 Å². The van der Waals surface area contributed by atoms with Crippen LogP contribution in [0.3, 0.4) is 0 Å². The Morgan fingerprint density at radius 2 is 2.00 bits per heavy atom. The summed E-state index contributed by atoms with van der Waals surface area (Å²) in [5.74, 6) is 1.44. The number of likely N-dealkylation sites (N-methyl/N-ethyl adjacent to an activating group) is 1. The molecule has 116 valence electrons. The van der Waals surface area contributed by atoms with Crippen LogP contribution in [0, 0.1) is 5.92 Å². The zero-order valence-electron chi connectivity index (χ0n) is 12.8. The van der Waals surface area contributed by atoms with Gasteiger partial charge < -0.3 is 19.5 Å². The van der Waals surface area contributed by atoms with Crippen LogP contribution in [-0.4, -0.2) is 38.9 Å². The third-order valence-corrected chi connectivity index (χ3v) is 3.85. The fourth-order valence-electron chi connectivity index (χ4n) is 2.50. The third-order valence-electron chi connectivity index (χ3n) is 3.85. The number of carbonyl (C=O) groups is 1. The fraction of sp³-hybridized carbons (Fsp3) is 0.562. The summed E-state index contributed by atoms with van der Waals surface area (Å²) in [4.78, 5) is 12.1. The van der Waals surface area contributed by atoms with Gasteiger partial charge in [-0.05, 0) is 44.9 Å². The minimum atomic E-state index is -0.767. The molecule has 0 spiro atoms. The molecular formula is C16H23NO4. The minimum absolute atomic E-state index is 0.246. The van der Waals surface area contributed by atoms with Crippen LogP contribution < -0.4 is 14.8 Å². The van der Waals surface area contributed by atoms with Crippen LogP contribution in [0.2, 0.25) is 0 Å². The maximum absolute atomic E-state index is 12.1. The van der Waals surface area contributed by atoms with E-state index >= 15 is 0 Å². The van der Waals surface area contributed by atoms with Gasteiger partial charge in [-0.15, -0.1) is 0 Å². The standard InChI is InChI=1S/C16H23NO4/c1-4-20-13-6-5-7-14(10-13)21-11-16(17-2,12-8-9-12)15(18)19-3/h5-7,10,12,17H,4,8-9,11H2,1-3H3. The summed E-state index contributed by atoms with van der Waals surface area (Å²) in [5, 5.41) is 3.11. The molecule has 0 aromatic heterocycles. The van der Waals surface area contributed by atoms with Crippen LogP contribution in [0.15, 0.2) is 24.3 Å². The molecule has 2 rings (SSSR count). The Balaban J connectivity index is 2.08. The maximum atomic E-state index is 12.1. The average Bonchev–Trinajstić information content (AvgIpc) is 3.34. The molecule has 0 bridgehead atoms. The van der Waals surface area contributed by atoms with Gasteiger partial charge in [-0.1, -0.05) is 6.07 Å². The number of nitrogens with one attached hydrogen (secondary N) is 1. The van der Waals surface area contributed by atoms with Crippen LogP contribution in [0.25, 0.3) is 0 Å². The maximum Gasteiger partial charge on any atom is 0.329 e. The van der Waals surface area contributed by atoms with Gasteiger partial charge >= 0.3 is 5.97 Å². The minimum Gasteiger partial charge on any atom is -0.494 e. The molecule has 1 saturated carbocycles. The monoisotopic (exact) mass is 293 g/mol. The van der Waals surface area contributed by atoms with Crippen molar-refractivity contribution in [3.8, 4) is 11.5 Å². The first-order valence-corrected chi connectivity index (χ1v) is 7.29. The number of rotatable bonds is 8. The molecule has 1 aromatic rings. The highest BCUT2D eigenvalue weighted by atomic mass is 16.5. The van der Waals surface area contributed by atoms with E-state index in [2.05, 4.69) is 5.32 Å². The molecule has 0 radical (unpaired) electrons. The summed E-state index contributed by atoms with van der Waals surface area (Å²) in [7, 11) is 3.18. The number of esters is 1. The highest BCUT2D eigenvalue weighted by Crippen LogP contribution is 2.40. The van der Waals surface area contributed by atoms with E-state index in [4.69, 9.17) is 14.2 Å². The summed E-state index contributed by atoms with van der Waals surface area (Å²) < 4.78 is 16.2. The zero-order valence-corrected chi connectivity index (χ0v) is 12.8. The number of benzene rings is 1. The Bertz CT molecular complexity index is 487. The van der Waals surface area contributed by atoms with E-state index in [1.54, 1.807) is 7.05 Å². The van der Waals surface area contributed by atoms with Gasteiger partial charge in [-0.2, -0.15) is 0 Å². The summed E-state index contributed by atoms with van der Waals surface area (Å²) in [6, 6.07) is 7.43. The predicted octanol–water partition coefficient (Wildman–Crippen LogP) is 2.01. The van der Waals surface area contributed by atoms with Crippen LogP contribution in [0.5, 0.6) is 11.5 Å². The lowest BCUT2D eigenvalue weighted by atomic mass is 9.94. The molecule has 0 amide bonds. The molecule has 0 heterocycles. The molecule has 1 aliphatic carbocycles. The van der Waals surface area contributed by atoms with E-state index in [0.29, 0.717) is 12.4 Å². The van der Waals surface area contributed by atoms with Gasteiger partial charge in [0.2, 0.25) is 0 Å². The second kappa shape index (κ2) is 6.80. The van der Waals surface area contributed by atoms with Crippen LogP contribution in [0.1, 0.15) is 19.8 Å². The van der Waals surface area contributed by atoms with Crippen molar-refractivity contribution in [3.63, 3.8) is 0 Å². The number of ether oxygens (including phenoxy) is 3. The second-order valence-corrected chi connectivity index (χ2v) is 5.18. The van der Waals surface area contributed by atoms with E-state index in [-0.39, 0.29) is 18.5 Å². The summed E-state index contributed by atoms with van der Waals surface area (Å²) >= 11 is 0. The SMILES string of the molecule is CCOc1cccc(OCC(NC)(C(=O)OC)C2CC2)c1. The van der Waals surface area contributed by atoms with E-state index in [9.17, 15) is 4.79 Å². The lowest BCUT2D eigenvalue weighted by molar-refractivity contribution is -0.151. The second-order valence-electron chi connectivity index (χ2n) is 5.18. The van der Waals surface area contributed by atoms with Gasteiger partial charge in [0.05, 0.1) is 13.7 Å². The highest BCUT2D eigenvalue weighted by Gasteiger charge is 2.51. The average molecular weight is 293 g/mol. The van der Waals surface area contributed by atoms with E-state index in [0.717, 1.165) is 18.6 Å². The molecule has 0 aliphatic heterocycles. The zero-order chi connectivity index (χ0) is 15.3. The molecule has 1 aliphatic rings. The third kappa shape index (κ3) is 3.47. The summed E-state index contributed by atoms with van der Waals surface area (Å²) in [5.41, 5.74) is -0.767. The van der Waals surface area contributed by atoms with Crippen molar-refractivity contribution < 1.29 is 19.0 Å². The lowest BCUT2D eigenvalue weighted by Crippen LogP contribution is -2.57. The van der Waals surface area contributed by atoms with Crippen LogP contribution >= 0.6 is 0 Å². The van der Waals surface area contributed by atoms with Crippen molar-refractivity contribution in [1.82, 2.24) is 5.32 Å². The Morgan fingerprint density at radius 3 is 2.52 bits per heavy atom. The molecular weight excluding hydrogens is 270 g/mol. The van der Waals surface area contributed by atoms with Crippen molar-refractivity contribution in [2.24, 2.45) is 5.92 Å². The number of hydrogen-bond acceptors (Lipinski definition) is 5. The van der Waals surface area contributed by atoms with Gasteiger partial charge in [0.1, 0.15) is 18.1 Å². The van der Waals surface area contributed by atoms with E-state index in [1.165, 1.54) is 7.11 Å². The lowest BCUT2D eigenvalue weighted by Gasteiger charge is -2.30. The summed E-state index contributed by atoms with van der Waals surface area (Å²) in [6.45, 7) is 2.79. The Hall–Kier alpha value is -1.75. The predicted molar refractivity (Wildman–Crippen MR) is 79.6 cm³/mol. The number of hydrogen-bond donors (Lipinski definition) is 1. The fourth-order valence-corrected chi connectivity index (χ4v) is 2.50. The Kier molecular flexibility index (Phi) is 5.07. The molecule has 5 nitrogen and oxygen atoms in total. The van der Waals surface area contributed by atoms with Crippen molar-refractivity contribution in [2.75, 3.05) is 27.4 Å². The smallest absolute Gasteiger partial charge is 0.329 e. The Morgan fingerprint density at radius 1 is 1.33 bits per heavy atom. The van der Waals surface area contributed by atoms with Gasteiger partial charge in [-0.3, -0.25) is 0 Å². The normalized spacial score (nSPS) is 16.9. The van der Waals surface area contributed by atoms with Gasteiger partial charge in [0.25, 0.3) is 0 Å². The molecule has 1 fully saturated rings. The van der Waals surface area contributed by atoms with E-state index < -0.39 is 5.54 Å². The number of methoxy groups -OCH3 is 1. The molecule has 1 atom stereocenters. The highest BCUT2D eigenvalue weighted by molar-refractivity contribution is 5.82. The Labute approximate surface area is 125 Å².